The summed E-state index contributed by atoms with van der Waals surface area (Å²) < 4.78 is 10.9. The maximum atomic E-state index is 12.1. The third-order valence-electron chi connectivity index (χ3n) is 7.18. The normalized spacial score (nSPS) is 19.2. The van der Waals surface area contributed by atoms with Crippen molar-refractivity contribution < 1.29 is 29.0 Å². The van der Waals surface area contributed by atoms with Crippen LogP contribution in [0.25, 0.3) is 0 Å². The molecule has 0 saturated carbocycles. The Kier molecular flexibility index (Phi) is 9.12. The molecule has 0 aliphatic carbocycles. The summed E-state index contributed by atoms with van der Waals surface area (Å²) in [5.74, 6) is 0.201. The lowest BCUT2D eigenvalue weighted by Crippen LogP contribution is -2.64. The molecule has 1 saturated heterocycles. The predicted molar refractivity (Wildman–Crippen MR) is 146 cm³/mol. The number of aliphatic hydroxyl groups is 1. The average molecular weight is 547 g/mol. The Morgan fingerprint density at radius 2 is 1.90 bits per heavy atom. The fraction of sp³-hybridized carbons (Fsp3) is 0.630. The number of aryl methyl sites for hydroxylation is 1. The minimum atomic E-state index is -0.920. The molecule has 0 bridgehead atoms. The van der Waals surface area contributed by atoms with Gasteiger partial charge < -0.3 is 34.9 Å². The van der Waals surface area contributed by atoms with E-state index in [9.17, 15) is 19.8 Å². The number of alkyl carbamates (subject to hydrolysis) is 1. The van der Waals surface area contributed by atoms with Gasteiger partial charge in [0.1, 0.15) is 11.6 Å². The van der Waals surface area contributed by atoms with E-state index in [0.717, 1.165) is 22.4 Å². The highest BCUT2D eigenvalue weighted by molar-refractivity contribution is 5.68. The first-order valence-electron chi connectivity index (χ1n) is 13.2. The standard InChI is InChI=1S/C27H42N6O6/c1-16(2)27(8)15-32(9-10-33(27)25(36)37)13-19-11-17(3)12-20(18(19)4)28-23-31-30-22(38-23)21(14-34)29-24(35)39-26(5,6)7/h11-12,16,21,34H,9-10,13-15H2,1-8H3,(H,28,31)(H,29,35)(H,36,37)/t21-,27+/m0/s1. The number of anilines is 2. The lowest BCUT2D eigenvalue weighted by atomic mass is 9.84. The zero-order chi connectivity index (χ0) is 29.1. The number of hydrogen-bond donors (Lipinski definition) is 4. The number of carbonyl (C=O) groups excluding carboxylic acids is 1. The highest BCUT2D eigenvalue weighted by Crippen LogP contribution is 2.32. The Morgan fingerprint density at radius 3 is 2.49 bits per heavy atom. The number of nitrogens with one attached hydrogen (secondary N) is 2. The number of aliphatic hydroxyl groups excluding tert-OH is 1. The van der Waals surface area contributed by atoms with Crippen LogP contribution >= 0.6 is 0 Å². The van der Waals surface area contributed by atoms with Gasteiger partial charge >= 0.3 is 18.2 Å². The molecule has 2 heterocycles. The van der Waals surface area contributed by atoms with Crippen molar-refractivity contribution in [1.29, 1.82) is 0 Å². The Labute approximate surface area is 229 Å². The molecule has 12 heteroatoms. The first kappa shape index (κ1) is 30.2. The molecule has 0 radical (unpaired) electrons. The maximum Gasteiger partial charge on any atom is 0.408 e. The number of carbonyl (C=O) groups is 2. The van der Waals surface area contributed by atoms with Gasteiger partial charge in [0, 0.05) is 31.9 Å². The number of hydrogen-bond acceptors (Lipinski definition) is 9. The van der Waals surface area contributed by atoms with E-state index >= 15 is 0 Å². The number of benzene rings is 1. The van der Waals surface area contributed by atoms with Crippen LogP contribution in [0.5, 0.6) is 0 Å². The van der Waals surface area contributed by atoms with Crippen LogP contribution in [0, 0.1) is 19.8 Å². The summed E-state index contributed by atoms with van der Waals surface area (Å²) in [5, 5.41) is 33.2. The summed E-state index contributed by atoms with van der Waals surface area (Å²) in [6.45, 7) is 17.3. The Bertz CT molecular complexity index is 1180. The van der Waals surface area contributed by atoms with Gasteiger partial charge in [-0.3, -0.25) is 4.90 Å². The number of nitrogens with zero attached hydrogens (tertiary/aromatic N) is 4. The highest BCUT2D eigenvalue weighted by atomic mass is 16.6. The lowest BCUT2D eigenvalue weighted by molar-refractivity contribution is -0.0121. The molecule has 1 fully saturated rings. The average Bonchev–Trinajstić information content (AvgIpc) is 3.27. The van der Waals surface area contributed by atoms with Crippen LogP contribution < -0.4 is 10.6 Å². The van der Waals surface area contributed by atoms with E-state index in [2.05, 4.69) is 45.6 Å². The topological polar surface area (TPSA) is 153 Å². The predicted octanol–water partition coefficient (Wildman–Crippen LogP) is 4.20. The Hall–Kier alpha value is -3.38. The fourth-order valence-corrected chi connectivity index (χ4v) is 4.70. The fourth-order valence-electron chi connectivity index (χ4n) is 4.70. The third kappa shape index (κ3) is 7.39. The van der Waals surface area contributed by atoms with Crippen molar-refractivity contribution in [3.63, 3.8) is 0 Å². The van der Waals surface area contributed by atoms with E-state index in [-0.39, 0.29) is 17.8 Å². The zero-order valence-corrected chi connectivity index (χ0v) is 24.2. The molecule has 0 unspecified atom stereocenters. The lowest BCUT2D eigenvalue weighted by Gasteiger charge is -2.50. The van der Waals surface area contributed by atoms with Crippen LogP contribution in [0.3, 0.4) is 0 Å². The summed E-state index contributed by atoms with van der Waals surface area (Å²) in [6.07, 6.45) is -1.58. The van der Waals surface area contributed by atoms with Gasteiger partial charge in [-0.05, 0) is 70.2 Å². The Balaban J connectivity index is 1.75. The summed E-state index contributed by atoms with van der Waals surface area (Å²) in [6, 6.07) is 3.31. The second-order valence-electron chi connectivity index (χ2n) is 11.7. The van der Waals surface area contributed by atoms with Crippen molar-refractivity contribution in [3.05, 3.63) is 34.7 Å². The largest absolute Gasteiger partial charge is 0.465 e. The zero-order valence-electron chi connectivity index (χ0n) is 24.2. The van der Waals surface area contributed by atoms with E-state index in [4.69, 9.17) is 9.15 Å². The van der Waals surface area contributed by atoms with Gasteiger partial charge in [0.25, 0.3) is 0 Å². The summed E-state index contributed by atoms with van der Waals surface area (Å²) in [7, 11) is 0. The quantitative estimate of drug-likeness (QED) is 0.379. The molecule has 1 aromatic carbocycles. The molecule has 2 atom stereocenters. The van der Waals surface area contributed by atoms with Crippen LogP contribution in [0.4, 0.5) is 21.3 Å². The maximum absolute atomic E-state index is 12.1. The van der Waals surface area contributed by atoms with E-state index < -0.39 is 36.0 Å². The van der Waals surface area contributed by atoms with Crippen molar-refractivity contribution in [2.45, 2.75) is 79.1 Å². The first-order valence-corrected chi connectivity index (χ1v) is 13.2. The van der Waals surface area contributed by atoms with Gasteiger partial charge in [-0.1, -0.05) is 25.0 Å². The first-order chi connectivity index (χ1) is 18.1. The summed E-state index contributed by atoms with van der Waals surface area (Å²) in [4.78, 5) is 27.9. The number of rotatable bonds is 8. The molecule has 12 nitrogen and oxygen atoms in total. The minimum Gasteiger partial charge on any atom is -0.465 e. The second-order valence-corrected chi connectivity index (χ2v) is 11.7. The number of carboxylic acid groups (broad SMARTS) is 1. The van der Waals surface area contributed by atoms with E-state index in [1.54, 1.807) is 25.7 Å². The SMILES string of the molecule is Cc1cc(CN2CCN(C(=O)O)[C@@](C)(C(C)C)C2)c(C)c(Nc2nnc([C@H](CO)NC(=O)OC(C)(C)C)o2)c1. The number of piperazine rings is 1. The number of aromatic nitrogens is 2. The smallest absolute Gasteiger partial charge is 0.408 e. The molecule has 0 spiro atoms. The highest BCUT2D eigenvalue weighted by Gasteiger charge is 2.42. The van der Waals surface area contributed by atoms with Crippen molar-refractivity contribution in [1.82, 2.24) is 25.3 Å². The van der Waals surface area contributed by atoms with Crippen LogP contribution in [-0.2, 0) is 11.3 Å². The monoisotopic (exact) mass is 546 g/mol. The molecule has 2 aromatic rings. The number of amides is 2. The van der Waals surface area contributed by atoms with Crippen LogP contribution in [0.2, 0.25) is 0 Å². The van der Waals surface area contributed by atoms with Gasteiger partial charge in [-0.15, -0.1) is 5.10 Å². The molecule has 1 aromatic heterocycles. The molecule has 1 aliphatic heterocycles. The van der Waals surface area contributed by atoms with Gasteiger partial charge in [0.2, 0.25) is 5.89 Å². The molecular weight excluding hydrogens is 504 g/mol. The molecule has 1 aliphatic rings. The van der Waals surface area contributed by atoms with Crippen molar-refractivity contribution in [3.8, 4) is 0 Å². The van der Waals surface area contributed by atoms with Gasteiger partial charge in [-0.2, -0.15) is 0 Å². The van der Waals surface area contributed by atoms with Crippen LogP contribution in [-0.4, -0.2) is 79.8 Å². The third-order valence-corrected chi connectivity index (χ3v) is 7.18. The van der Waals surface area contributed by atoms with Crippen LogP contribution in [0.1, 0.15) is 70.2 Å². The molecule has 2 amide bonds. The van der Waals surface area contributed by atoms with Crippen LogP contribution in [0.15, 0.2) is 16.5 Å². The Morgan fingerprint density at radius 1 is 1.21 bits per heavy atom. The van der Waals surface area contributed by atoms with Crippen molar-refractivity contribution in [2.75, 3.05) is 31.6 Å². The summed E-state index contributed by atoms with van der Waals surface area (Å²) in [5.41, 5.74) is 2.75. The van der Waals surface area contributed by atoms with Gasteiger partial charge in [0.05, 0.1) is 12.1 Å². The molecule has 39 heavy (non-hydrogen) atoms. The van der Waals surface area contributed by atoms with E-state index in [0.29, 0.717) is 26.2 Å². The summed E-state index contributed by atoms with van der Waals surface area (Å²) >= 11 is 0. The van der Waals surface area contributed by atoms with Gasteiger partial charge in [0.15, 0.2) is 0 Å². The molecule has 4 N–H and O–H groups in total. The van der Waals surface area contributed by atoms with Crippen molar-refractivity contribution >= 4 is 23.9 Å². The molecule has 216 valence electrons. The molecule has 3 rings (SSSR count). The minimum absolute atomic E-state index is 0.0423. The van der Waals surface area contributed by atoms with Crippen molar-refractivity contribution in [2.24, 2.45) is 5.92 Å². The van der Waals surface area contributed by atoms with Gasteiger partial charge in [-0.25, -0.2) is 9.59 Å². The number of ether oxygens (including phenoxy) is 1. The molecular formula is C27H42N6O6. The van der Waals surface area contributed by atoms with E-state index in [1.165, 1.54) is 0 Å². The van der Waals surface area contributed by atoms with E-state index in [1.807, 2.05) is 26.8 Å². The second kappa shape index (κ2) is 11.8.